The highest BCUT2D eigenvalue weighted by Crippen LogP contribution is 2.32. The second-order valence-corrected chi connectivity index (χ2v) is 4.98. The van der Waals surface area contributed by atoms with Crippen molar-refractivity contribution in [1.29, 1.82) is 0 Å². The molecule has 6 heteroatoms. The molecule has 4 nitrogen and oxygen atoms in total. The first-order chi connectivity index (χ1) is 8.58. The van der Waals surface area contributed by atoms with E-state index in [1.54, 1.807) is 18.2 Å². The van der Waals surface area contributed by atoms with Crippen molar-refractivity contribution in [3.8, 4) is 0 Å². The Kier molecular flexibility index (Phi) is 3.84. The molecule has 0 aliphatic rings. The molecule has 1 aromatic heterocycles. The molecule has 0 aliphatic heterocycles. The Balaban J connectivity index is 2.11. The zero-order valence-corrected chi connectivity index (χ0v) is 10.8. The zero-order chi connectivity index (χ0) is 13.1. The Morgan fingerprint density at radius 3 is 2.89 bits per heavy atom. The quantitative estimate of drug-likeness (QED) is 0.663. The maximum absolute atomic E-state index is 10.9. The summed E-state index contributed by atoms with van der Waals surface area (Å²) in [6, 6.07) is 6.86. The lowest BCUT2D eigenvalue weighted by Gasteiger charge is -2.04. The third kappa shape index (κ3) is 2.80. The monoisotopic (exact) mass is 283 g/mol. The zero-order valence-electron chi connectivity index (χ0n) is 9.22. The molecule has 94 valence electrons. The van der Waals surface area contributed by atoms with Crippen LogP contribution in [0.4, 0.5) is 5.69 Å². The fourth-order valence-corrected chi connectivity index (χ4v) is 2.68. The second kappa shape index (κ2) is 5.37. The molecule has 18 heavy (non-hydrogen) atoms. The first-order valence-electron chi connectivity index (χ1n) is 5.05. The van der Waals surface area contributed by atoms with Gasteiger partial charge in [0.05, 0.1) is 11.3 Å². The molecule has 1 heterocycles. The van der Waals surface area contributed by atoms with Gasteiger partial charge in [-0.15, -0.1) is 11.8 Å². The molecule has 0 saturated heterocycles. The molecule has 0 unspecified atom stereocenters. The highest BCUT2D eigenvalue weighted by molar-refractivity contribution is 7.98. The minimum atomic E-state index is -1.07. The molecule has 0 amide bonds. The lowest BCUT2D eigenvalue weighted by atomic mass is 10.3. The number of hydrogen-bond acceptors (Lipinski definition) is 4. The summed E-state index contributed by atoms with van der Waals surface area (Å²) in [4.78, 5) is 11.7. The summed E-state index contributed by atoms with van der Waals surface area (Å²) in [6.45, 7) is 0. The van der Waals surface area contributed by atoms with E-state index in [-0.39, 0.29) is 5.76 Å². The summed E-state index contributed by atoms with van der Waals surface area (Å²) in [5, 5.41) is 9.45. The van der Waals surface area contributed by atoms with Crippen LogP contribution in [0.2, 0.25) is 5.02 Å². The van der Waals surface area contributed by atoms with Crippen molar-refractivity contribution in [2.24, 2.45) is 0 Å². The van der Waals surface area contributed by atoms with E-state index in [4.69, 9.17) is 26.9 Å². The maximum atomic E-state index is 10.9. The molecule has 0 spiro atoms. The Morgan fingerprint density at radius 1 is 1.44 bits per heavy atom. The number of carboxylic acid groups (broad SMARTS) is 1. The van der Waals surface area contributed by atoms with Crippen LogP contribution in [0.5, 0.6) is 0 Å². The molecule has 2 rings (SSSR count). The lowest BCUT2D eigenvalue weighted by molar-refractivity contribution is 0.0661. The van der Waals surface area contributed by atoms with Crippen LogP contribution in [0.15, 0.2) is 39.8 Å². The number of furan rings is 1. The number of halogens is 1. The first kappa shape index (κ1) is 12.9. The van der Waals surface area contributed by atoms with Gasteiger partial charge in [-0.1, -0.05) is 11.6 Å². The smallest absolute Gasteiger partial charge is 0.372 e. The number of thioether (sulfide) groups is 1. The Morgan fingerprint density at radius 2 is 2.22 bits per heavy atom. The van der Waals surface area contributed by atoms with E-state index in [2.05, 4.69) is 0 Å². The molecule has 2 aromatic rings. The highest BCUT2D eigenvalue weighted by atomic mass is 35.5. The molecule has 0 bridgehead atoms. The van der Waals surface area contributed by atoms with Crippen LogP contribution in [-0.4, -0.2) is 11.1 Å². The van der Waals surface area contributed by atoms with Crippen LogP contribution < -0.4 is 5.73 Å². The van der Waals surface area contributed by atoms with Crippen molar-refractivity contribution in [3.63, 3.8) is 0 Å². The summed E-state index contributed by atoms with van der Waals surface area (Å²) in [5.41, 5.74) is 6.82. The lowest BCUT2D eigenvalue weighted by Crippen LogP contribution is -1.97. The van der Waals surface area contributed by atoms with Gasteiger partial charge in [-0.05, 0) is 24.3 Å². The van der Waals surface area contributed by atoms with Crippen molar-refractivity contribution in [2.45, 2.75) is 10.6 Å². The largest absolute Gasteiger partial charge is 0.475 e. The van der Waals surface area contributed by atoms with Gasteiger partial charge >= 0.3 is 5.97 Å². The molecular weight excluding hydrogens is 274 g/mol. The third-order valence-corrected chi connectivity index (χ3v) is 3.83. The van der Waals surface area contributed by atoms with E-state index >= 15 is 0 Å². The van der Waals surface area contributed by atoms with Gasteiger partial charge in [-0.3, -0.25) is 0 Å². The minimum absolute atomic E-state index is 0.0333. The first-order valence-corrected chi connectivity index (χ1v) is 6.42. The number of rotatable bonds is 4. The molecule has 0 saturated carbocycles. The number of aromatic carboxylic acids is 1. The third-order valence-electron chi connectivity index (χ3n) is 2.28. The summed E-state index contributed by atoms with van der Waals surface area (Å²) in [6.07, 6.45) is 1.37. The summed E-state index contributed by atoms with van der Waals surface area (Å²) >= 11 is 7.47. The normalized spacial score (nSPS) is 10.5. The van der Waals surface area contributed by atoms with Crippen LogP contribution in [0.3, 0.4) is 0 Å². The van der Waals surface area contributed by atoms with Crippen LogP contribution in [0.1, 0.15) is 16.1 Å². The number of nitrogens with two attached hydrogens (primary N) is 1. The fraction of sp³-hybridized carbons (Fsp3) is 0.0833. The summed E-state index contributed by atoms with van der Waals surface area (Å²) in [5.74, 6) is -0.630. The van der Waals surface area contributed by atoms with E-state index in [1.807, 2.05) is 6.07 Å². The Bertz CT molecular complexity index is 582. The van der Waals surface area contributed by atoms with Gasteiger partial charge in [0.25, 0.3) is 0 Å². The number of nitrogen functional groups attached to an aromatic ring is 1. The van der Waals surface area contributed by atoms with E-state index in [9.17, 15) is 4.79 Å². The fourth-order valence-electron chi connectivity index (χ4n) is 1.43. The van der Waals surface area contributed by atoms with Crippen molar-refractivity contribution < 1.29 is 14.3 Å². The van der Waals surface area contributed by atoms with E-state index in [1.165, 1.54) is 18.0 Å². The highest BCUT2D eigenvalue weighted by Gasteiger charge is 2.14. The molecule has 0 fully saturated rings. The van der Waals surface area contributed by atoms with Gasteiger partial charge < -0.3 is 15.3 Å². The van der Waals surface area contributed by atoms with Gasteiger partial charge in [0.15, 0.2) is 0 Å². The number of carbonyl (C=O) groups is 1. The van der Waals surface area contributed by atoms with Crippen LogP contribution in [-0.2, 0) is 5.75 Å². The minimum Gasteiger partial charge on any atom is -0.475 e. The topological polar surface area (TPSA) is 76.5 Å². The van der Waals surface area contributed by atoms with Crippen molar-refractivity contribution >= 4 is 35.0 Å². The molecule has 3 N–H and O–H groups in total. The summed E-state index contributed by atoms with van der Waals surface area (Å²) < 4.78 is 4.90. The average Bonchev–Trinajstić information content (AvgIpc) is 2.76. The number of anilines is 1. The Hall–Kier alpha value is -1.59. The predicted molar refractivity (Wildman–Crippen MR) is 71.1 cm³/mol. The van der Waals surface area contributed by atoms with Gasteiger partial charge in [-0.2, -0.15) is 0 Å². The predicted octanol–water partition coefficient (Wildman–Crippen LogP) is 3.51. The molecule has 0 radical (unpaired) electrons. The Labute approximate surface area is 113 Å². The molecule has 1 aromatic carbocycles. The number of hydrogen-bond donors (Lipinski definition) is 2. The van der Waals surface area contributed by atoms with E-state index in [0.717, 1.165) is 4.90 Å². The average molecular weight is 284 g/mol. The van der Waals surface area contributed by atoms with Crippen molar-refractivity contribution in [2.75, 3.05) is 5.73 Å². The van der Waals surface area contributed by atoms with Crippen molar-refractivity contribution in [1.82, 2.24) is 0 Å². The molecule has 0 atom stereocenters. The van der Waals surface area contributed by atoms with Crippen LogP contribution in [0.25, 0.3) is 0 Å². The van der Waals surface area contributed by atoms with E-state index < -0.39 is 5.97 Å². The maximum Gasteiger partial charge on any atom is 0.372 e. The summed E-state index contributed by atoms with van der Waals surface area (Å²) in [7, 11) is 0. The van der Waals surface area contributed by atoms with Gasteiger partial charge in [0, 0.05) is 21.9 Å². The molecule has 0 aliphatic carbocycles. The van der Waals surface area contributed by atoms with Gasteiger partial charge in [0.1, 0.15) is 0 Å². The van der Waals surface area contributed by atoms with Crippen molar-refractivity contribution in [3.05, 3.63) is 46.9 Å². The van der Waals surface area contributed by atoms with Gasteiger partial charge in [-0.25, -0.2) is 4.79 Å². The molecular formula is C12H10ClNO3S. The van der Waals surface area contributed by atoms with Gasteiger partial charge in [0.2, 0.25) is 5.76 Å². The number of benzene rings is 1. The number of carboxylic acids is 1. The van der Waals surface area contributed by atoms with Crippen LogP contribution >= 0.6 is 23.4 Å². The second-order valence-electron chi connectivity index (χ2n) is 3.56. The van der Waals surface area contributed by atoms with E-state index in [0.29, 0.717) is 22.0 Å². The standard InChI is InChI=1S/C12H10ClNO3S/c13-9-5-8(14)1-2-10(9)18-6-7-3-4-17-11(7)12(15)16/h1-5H,6,14H2,(H,15,16). The SMILES string of the molecule is Nc1ccc(SCc2ccoc2C(=O)O)c(Cl)c1. The van der Waals surface area contributed by atoms with Crippen LogP contribution in [0, 0.1) is 0 Å².